The molecule has 0 aliphatic heterocycles. The molecule has 0 saturated carbocycles. The van der Waals surface area contributed by atoms with Crippen LogP contribution in [-0.4, -0.2) is 22.2 Å². The van der Waals surface area contributed by atoms with Gasteiger partial charge in [-0.05, 0) is 12.3 Å². The van der Waals surface area contributed by atoms with Crippen LogP contribution in [0.25, 0.3) is 0 Å². The third-order valence-electron chi connectivity index (χ3n) is 2.66. The van der Waals surface area contributed by atoms with Crippen LogP contribution in [0.4, 0.5) is 0 Å². The molecule has 2 atom stereocenters. The van der Waals surface area contributed by atoms with Crippen molar-refractivity contribution in [3.05, 3.63) is 0 Å². The van der Waals surface area contributed by atoms with E-state index < -0.39 is 17.9 Å². The highest BCUT2D eigenvalue weighted by atomic mass is 16.4. The molecule has 0 spiro atoms. The smallest absolute Gasteiger partial charge is 0.307 e. The molecule has 0 bridgehead atoms. The van der Waals surface area contributed by atoms with Gasteiger partial charge < -0.3 is 10.2 Å². The summed E-state index contributed by atoms with van der Waals surface area (Å²) in [5.41, 5.74) is 0. The first-order chi connectivity index (χ1) is 6.99. The highest BCUT2D eigenvalue weighted by Crippen LogP contribution is 2.22. The number of aliphatic carboxylic acids is 2. The van der Waals surface area contributed by atoms with E-state index in [1.807, 2.05) is 6.92 Å². The van der Waals surface area contributed by atoms with Gasteiger partial charge in [-0.25, -0.2) is 0 Å². The van der Waals surface area contributed by atoms with Crippen LogP contribution < -0.4 is 0 Å². The first-order valence-corrected chi connectivity index (χ1v) is 5.43. The average Bonchev–Trinajstić information content (AvgIpc) is 2.13. The third kappa shape index (κ3) is 6.10. The minimum Gasteiger partial charge on any atom is -0.481 e. The standard InChI is InChI=1S/C11H20O4/c1-3-4-5-6-8(2)9(11(14)15)7-10(12)13/h8-9H,3-7H2,1-2H3,(H,12,13)(H,14,15)/t8?,9-/m1/s1. The van der Waals surface area contributed by atoms with E-state index in [1.54, 1.807) is 0 Å². The number of hydrogen-bond donors (Lipinski definition) is 2. The highest BCUT2D eigenvalue weighted by Gasteiger charge is 2.26. The first-order valence-electron chi connectivity index (χ1n) is 5.43. The lowest BCUT2D eigenvalue weighted by Crippen LogP contribution is -2.24. The minimum absolute atomic E-state index is 0.0647. The van der Waals surface area contributed by atoms with Crippen LogP contribution in [0.15, 0.2) is 0 Å². The van der Waals surface area contributed by atoms with Crippen molar-refractivity contribution in [1.82, 2.24) is 0 Å². The van der Waals surface area contributed by atoms with E-state index in [-0.39, 0.29) is 12.3 Å². The molecular formula is C11H20O4. The molecule has 0 saturated heterocycles. The predicted octanol–water partition coefficient (Wildman–Crippen LogP) is 2.38. The van der Waals surface area contributed by atoms with Crippen molar-refractivity contribution in [3.8, 4) is 0 Å². The zero-order valence-corrected chi connectivity index (χ0v) is 9.40. The van der Waals surface area contributed by atoms with Gasteiger partial charge >= 0.3 is 11.9 Å². The van der Waals surface area contributed by atoms with Gasteiger partial charge in [-0.2, -0.15) is 0 Å². The molecule has 0 heterocycles. The summed E-state index contributed by atoms with van der Waals surface area (Å²) < 4.78 is 0. The Hall–Kier alpha value is -1.06. The zero-order chi connectivity index (χ0) is 11.8. The van der Waals surface area contributed by atoms with Gasteiger partial charge in [-0.1, -0.05) is 33.1 Å². The Labute approximate surface area is 90.3 Å². The lowest BCUT2D eigenvalue weighted by Gasteiger charge is -2.18. The van der Waals surface area contributed by atoms with Crippen LogP contribution in [0.5, 0.6) is 0 Å². The Morgan fingerprint density at radius 2 is 1.80 bits per heavy atom. The van der Waals surface area contributed by atoms with Crippen molar-refractivity contribution in [3.63, 3.8) is 0 Å². The molecule has 0 aliphatic rings. The summed E-state index contributed by atoms with van der Waals surface area (Å²) in [7, 11) is 0. The molecule has 0 rings (SSSR count). The van der Waals surface area contributed by atoms with Gasteiger partial charge in [0.25, 0.3) is 0 Å². The van der Waals surface area contributed by atoms with E-state index in [2.05, 4.69) is 6.92 Å². The third-order valence-corrected chi connectivity index (χ3v) is 2.66. The molecule has 2 N–H and O–H groups in total. The van der Waals surface area contributed by atoms with Gasteiger partial charge in [0.2, 0.25) is 0 Å². The zero-order valence-electron chi connectivity index (χ0n) is 9.40. The Balaban J connectivity index is 4.10. The summed E-state index contributed by atoms with van der Waals surface area (Å²) in [6.07, 6.45) is 3.65. The van der Waals surface area contributed by atoms with Crippen LogP contribution in [0.2, 0.25) is 0 Å². The topological polar surface area (TPSA) is 74.6 Å². The van der Waals surface area contributed by atoms with Crippen molar-refractivity contribution in [2.45, 2.75) is 46.0 Å². The summed E-state index contributed by atoms with van der Waals surface area (Å²) in [6.45, 7) is 3.90. The molecule has 0 aromatic carbocycles. The van der Waals surface area contributed by atoms with E-state index in [1.165, 1.54) is 0 Å². The summed E-state index contributed by atoms with van der Waals surface area (Å²) in [6, 6.07) is 0. The van der Waals surface area contributed by atoms with Gasteiger partial charge in [0.05, 0.1) is 12.3 Å². The SMILES string of the molecule is CCCCCC(C)[C@@H](CC(=O)O)C(=O)O. The summed E-state index contributed by atoms with van der Waals surface area (Å²) in [4.78, 5) is 21.3. The predicted molar refractivity (Wildman–Crippen MR) is 56.7 cm³/mol. The molecule has 88 valence electrons. The first kappa shape index (κ1) is 13.9. The number of carboxylic acids is 2. The van der Waals surface area contributed by atoms with Crippen LogP contribution in [-0.2, 0) is 9.59 Å². The number of unbranched alkanes of at least 4 members (excludes halogenated alkanes) is 2. The molecule has 15 heavy (non-hydrogen) atoms. The molecular weight excluding hydrogens is 196 g/mol. The maximum Gasteiger partial charge on any atom is 0.307 e. The van der Waals surface area contributed by atoms with Gasteiger partial charge in [0, 0.05) is 0 Å². The van der Waals surface area contributed by atoms with E-state index in [0.717, 1.165) is 25.7 Å². The number of rotatable bonds is 8. The van der Waals surface area contributed by atoms with Gasteiger partial charge in [0.1, 0.15) is 0 Å². The Morgan fingerprint density at radius 1 is 1.20 bits per heavy atom. The largest absolute Gasteiger partial charge is 0.481 e. The summed E-state index contributed by atoms with van der Waals surface area (Å²) in [5, 5.41) is 17.5. The van der Waals surface area contributed by atoms with Gasteiger partial charge in [-0.3, -0.25) is 9.59 Å². The molecule has 0 aliphatic carbocycles. The Bertz CT molecular complexity index is 213. The molecule has 4 heteroatoms. The number of carbonyl (C=O) groups is 2. The second-order valence-corrected chi connectivity index (χ2v) is 4.02. The summed E-state index contributed by atoms with van der Waals surface area (Å²) in [5.74, 6) is -2.85. The normalized spacial score (nSPS) is 14.5. The van der Waals surface area contributed by atoms with E-state index >= 15 is 0 Å². The van der Waals surface area contributed by atoms with Crippen molar-refractivity contribution in [1.29, 1.82) is 0 Å². The maximum atomic E-state index is 10.8. The lowest BCUT2D eigenvalue weighted by molar-refractivity contribution is -0.150. The molecule has 0 aromatic heterocycles. The second kappa shape index (κ2) is 7.26. The molecule has 1 unspecified atom stereocenters. The molecule has 4 nitrogen and oxygen atoms in total. The quantitative estimate of drug-likeness (QED) is 0.611. The monoisotopic (exact) mass is 216 g/mol. The fraction of sp³-hybridized carbons (Fsp3) is 0.818. The van der Waals surface area contributed by atoms with Crippen LogP contribution in [0, 0.1) is 11.8 Å². The number of carboxylic acid groups (broad SMARTS) is 2. The van der Waals surface area contributed by atoms with Crippen molar-refractivity contribution in [2.24, 2.45) is 11.8 Å². The molecule has 0 aromatic rings. The molecule has 0 radical (unpaired) electrons. The van der Waals surface area contributed by atoms with Crippen molar-refractivity contribution < 1.29 is 19.8 Å². The van der Waals surface area contributed by atoms with Crippen molar-refractivity contribution in [2.75, 3.05) is 0 Å². The minimum atomic E-state index is -1.04. The highest BCUT2D eigenvalue weighted by molar-refractivity contribution is 5.77. The van der Waals surface area contributed by atoms with E-state index in [4.69, 9.17) is 10.2 Å². The van der Waals surface area contributed by atoms with Gasteiger partial charge in [-0.15, -0.1) is 0 Å². The number of hydrogen-bond acceptors (Lipinski definition) is 2. The summed E-state index contributed by atoms with van der Waals surface area (Å²) >= 11 is 0. The Morgan fingerprint density at radius 3 is 2.20 bits per heavy atom. The van der Waals surface area contributed by atoms with E-state index in [0.29, 0.717) is 0 Å². The van der Waals surface area contributed by atoms with Crippen LogP contribution in [0.1, 0.15) is 46.0 Å². The van der Waals surface area contributed by atoms with Crippen LogP contribution in [0.3, 0.4) is 0 Å². The van der Waals surface area contributed by atoms with Crippen molar-refractivity contribution >= 4 is 11.9 Å². The fourth-order valence-corrected chi connectivity index (χ4v) is 1.64. The average molecular weight is 216 g/mol. The Kier molecular flexibility index (Phi) is 6.75. The fourth-order valence-electron chi connectivity index (χ4n) is 1.64. The second-order valence-electron chi connectivity index (χ2n) is 4.02. The molecule has 0 fully saturated rings. The van der Waals surface area contributed by atoms with Gasteiger partial charge in [0.15, 0.2) is 0 Å². The lowest BCUT2D eigenvalue weighted by atomic mass is 9.87. The van der Waals surface area contributed by atoms with E-state index in [9.17, 15) is 9.59 Å². The van der Waals surface area contributed by atoms with Crippen LogP contribution >= 0.6 is 0 Å². The maximum absolute atomic E-state index is 10.8. The molecule has 0 amide bonds.